The molecule has 3 heterocycles. The van der Waals surface area contributed by atoms with Crippen molar-refractivity contribution in [2.45, 2.75) is 18.6 Å². The number of hydrogen-bond donors (Lipinski definition) is 2. The molecular formula is C18H16F4N4O5. The van der Waals surface area contributed by atoms with Crippen molar-refractivity contribution < 1.29 is 37.0 Å². The van der Waals surface area contributed by atoms with E-state index in [4.69, 9.17) is 4.74 Å². The van der Waals surface area contributed by atoms with Gasteiger partial charge in [0.05, 0.1) is 5.39 Å². The average molecular weight is 444 g/mol. The van der Waals surface area contributed by atoms with Crippen LogP contribution in [0.25, 0.3) is 10.9 Å². The highest BCUT2D eigenvalue weighted by Gasteiger charge is 2.41. The summed E-state index contributed by atoms with van der Waals surface area (Å²) in [7, 11) is 1.57. The molecule has 166 valence electrons. The number of aromatic nitrogens is 1. The maximum absolute atomic E-state index is 15.1. The molecule has 2 aliphatic rings. The van der Waals surface area contributed by atoms with Gasteiger partial charge in [-0.1, -0.05) is 0 Å². The number of carboxylic acid groups (broad SMARTS) is 1. The summed E-state index contributed by atoms with van der Waals surface area (Å²) in [5.41, 5.74) is -1.36. The Hall–Kier alpha value is -3.51. The average Bonchev–Trinajstić information content (AvgIpc) is 3.12. The normalized spacial score (nSPS) is 18.3. The molecule has 4 rings (SSSR count). The minimum Gasteiger partial charge on any atom is -0.477 e. The predicted octanol–water partition coefficient (Wildman–Crippen LogP) is 1.01. The largest absolute Gasteiger partial charge is 0.477 e. The molecule has 1 fully saturated rings. The van der Waals surface area contributed by atoms with Crippen LogP contribution in [0.1, 0.15) is 16.8 Å². The van der Waals surface area contributed by atoms with Crippen molar-refractivity contribution in [1.29, 1.82) is 0 Å². The van der Waals surface area contributed by atoms with E-state index in [1.54, 1.807) is 7.05 Å². The van der Waals surface area contributed by atoms with Crippen LogP contribution in [-0.2, 0) is 4.79 Å². The highest BCUT2D eigenvalue weighted by Crippen LogP contribution is 2.41. The molecule has 1 aromatic carbocycles. The van der Waals surface area contributed by atoms with Gasteiger partial charge in [-0.05, 0) is 12.5 Å². The molecule has 31 heavy (non-hydrogen) atoms. The first-order valence-corrected chi connectivity index (χ1v) is 9.11. The zero-order valence-corrected chi connectivity index (χ0v) is 16.0. The van der Waals surface area contributed by atoms with Crippen molar-refractivity contribution in [3.8, 4) is 5.75 Å². The van der Waals surface area contributed by atoms with Crippen LogP contribution in [0.15, 0.2) is 17.1 Å². The smallest absolute Gasteiger partial charge is 0.471 e. The number of carbonyl (C=O) groups is 2. The van der Waals surface area contributed by atoms with E-state index in [9.17, 15) is 32.7 Å². The zero-order valence-electron chi connectivity index (χ0n) is 16.0. The van der Waals surface area contributed by atoms with Crippen molar-refractivity contribution in [2.24, 2.45) is 0 Å². The molecule has 13 heteroatoms. The number of rotatable bonds is 3. The van der Waals surface area contributed by atoms with Crippen LogP contribution in [0.2, 0.25) is 0 Å². The van der Waals surface area contributed by atoms with Gasteiger partial charge in [0.2, 0.25) is 5.43 Å². The Morgan fingerprint density at radius 3 is 2.68 bits per heavy atom. The van der Waals surface area contributed by atoms with Crippen LogP contribution >= 0.6 is 0 Å². The number of nitrogens with zero attached hydrogens (tertiary/aromatic N) is 3. The summed E-state index contributed by atoms with van der Waals surface area (Å²) in [5.74, 6) is -4.46. The number of carbonyl (C=O) groups excluding carboxylic acids is 1. The number of hydrogen-bond acceptors (Lipinski definition) is 6. The predicted molar refractivity (Wildman–Crippen MR) is 99.6 cm³/mol. The molecule has 0 bridgehead atoms. The topological polar surface area (TPSA) is 104 Å². The quantitative estimate of drug-likeness (QED) is 0.682. The number of pyridine rings is 1. The lowest BCUT2D eigenvalue weighted by molar-refractivity contribution is -0.174. The van der Waals surface area contributed by atoms with E-state index in [2.05, 4.69) is 0 Å². The monoisotopic (exact) mass is 444 g/mol. The number of anilines is 1. The van der Waals surface area contributed by atoms with E-state index in [0.717, 1.165) is 12.3 Å². The lowest BCUT2D eigenvalue weighted by Crippen LogP contribution is -2.44. The Kier molecular flexibility index (Phi) is 4.70. The van der Waals surface area contributed by atoms with Crippen LogP contribution in [0.5, 0.6) is 5.75 Å². The van der Waals surface area contributed by atoms with Gasteiger partial charge in [0.15, 0.2) is 18.3 Å². The molecule has 1 amide bonds. The molecule has 1 saturated heterocycles. The summed E-state index contributed by atoms with van der Waals surface area (Å²) in [6.45, 7) is -0.0642. The fourth-order valence-corrected chi connectivity index (χ4v) is 3.82. The third kappa shape index (κ3) is 3.39. The number of benzene rings is 1. The SMILES string of the molecule is CN1COc2c(N3CCC(NC(=O)C(F)(F)F)C3)c(F)cc3c(=O)c(C(=O)O)cn1c23. The molecule has 1 aromatic heterocycles. The summed E-state index contributed by atoms with van der Waals surface area (Å²) in [5, 5.41) is 12.4. The van der Waals surface area contributed by atoms with Crippen molar-refractivity contribution in [1.82, 2.24) is 9.99 Å². The van der Waals surface area contributed by atoms with Gasteiger partial charge < -0.3 is 20.1 Å². The van der Waals surface area contributed by atoms with Gasteiger partial charge in [-0.3, -0.25) is 19.3 Å². The second-order valence-electron chi connectivity index (χ2n) is 7.29. The Morgan fingerprint density at radius 2 is 2.03 bits per heavy atom. The van der Waals surface area contributed by atoms with Gasteiger partial charge in [-0.2, -0.15) is 13.2 Å². The van der Waals surface area contributed by atoms with Crippen molar-refractivity contribution in [2.75, 3.05) is 36.8 Å². The summed E-state index contributed by atoms with van der Waals surface area (Å²) >= 11 is 0. The maximum atomic E-state index is 15.1. The molecule has 1 atom stereocenters. The molecule has 1 unspecified atom stereocenters. The van der Waals surface area contributed by atoms with E-state index in [1.807, 2.05) is 5.32 Å². The van der Waals surface area contributed by atoms with E-state index >= 15 is 4.39 Å². The van der Waals surface area contributed by atoms with Crippen LogP contribution in [0, 0.1) is 5.82 Å². The number of ether oxygens (including phenoxy) is 1. The molecule has 2 aliphatic heterocycles. The maximum Gasteiger partial charge on any atom is 0.471 e. The first-order chi connectivity index (χ1) is 14.5. The Bertz CT molecular complexity index is 1160. The van der Waals surface area contributed by atoms with Gasteiger partial charge >= 0.3 is 18.1 Å². The summed E-state index contributed by atoms with van der Waals surface area (Å²) < 4.78 is 59.6. The van der Waals surface area contributed by atoms with Gasteiger partial charge in [0, 0.05) is 32.4 Å². The second-order valence-corrected chi connectivity index (χ2v) is 7.29. The number of aromatic carboxylic acids is 1. The van der Waals surface area contributed by atoms with E-state index in [0.29, 0.717) is 0 Å². The van der Waals surface area contributed by atoms with Gasteiger partial charge in [-0.15, -0.1) is 0 Å². The second kappa shape index (κ2) is 7.03. The molecule has 0 spiro atoms. The molecule has 2 aromatic rings. The van der Waals surface area contributed by atoms with Gasteiger partial charge in [-0.25, -0.2) is 9.18 Å². The van der Waals surface area contributed by atoms with E-state index < -0.39 is 40.9 Å². The van der Waals surface area contributed by atoms with Gasteiger partial charge in [0.1, 0.15) is 16.8 Å². The first-order valence-electron chi connectivity index (χ1n) is 9.11. The number of carboxylic acids is 1. The Morgan fingerprint density at radius 1 is 1.32 bits per heavy atom. The van der Waals surface area contributed by atoms with Crippen LogP contribution in [-0.4, -0.2) is 60.7 Å². The fraction of sp³-hybridized carbons (Fsp3) is 0.389. The van der Waals surface area contributed by atoms with Crippen molar-refractivity contribution in [3.63, 3.8) is 0 Å². The van der Waals surface area contributed by atoms with Crippen molar-refractivity contribution >= 4 is 28.5 Å². The molecular weight excluding hydrogens is 428 g/mol. The number of halogens is 4. The summed E-state index contributed by atoms with van der Waals surface area (Å²) in [4.78, 5) is 36.6. The van der Waals surface area contributed by atoms with Gasteiger partial charge in [0.25, 0.3) is 0 Å². The zero-order chi connectivity index (χ0) is 22.7. The van der Waals surface area contributed by atoms with Crippen LogP contribution in [0.3, 0.4) is 0 Å². The van der Waals surface area contributed by atoms with Crippen molar-refractivity contribution in [3.05, 3.63) is 33.9 Å². The fourth-order valence-electron chi connectivity index (χ4n) is 3.82. The molecule has 9 nitrogen and oxygen atoms in total. The third-order valence-corrected chi connectivity index (χ3v) is 5.24. The molecule has 0 radical (unpaired) electrons. The lowest BCUT2D eigenvalue weighted by atomic mass is 10.1. The van der Waals surface area contributed by atoms with E-state index in [1.165, 1.54) is 14.6 Å². The number of nitrogens with one attached hydrogen (secondary N) is 1. The van der Waals surface area contributed by atoms with Crippen LogP contribution in [0.4, 0.5) is 23.2 Å². The summed E-state index contributed by atoms with van der Waals surface area (Å²) in [6, 6.07) is 0.0307. The third-order valence-electron chi connectivity index (χ3n) is 5.24. The minimum absolute atomic E-state index is 0.0232. The Balaban J connectivity index is 1.78. The highest BCUT2D eigenvalue weighted by atomic mass is 19.4. The minimum atomic E-state index is -5.03. The highest BCUT2D eigenvalue weighted by molar-refractivity contribution is 5.97. The van der Waals surface area contributed by atoms with Crippen LogP contribution < -0.4 is 25.4 Å². The standard InChI is InChI=1S/C18H16F4N4O5/c1-24-7-31-15-12-9(14(27)10(16(28)29)6-26(12)24)4-11(19)13(15)25-3-2-8(5-25)23-17(30)18(20,21)22/h4,6,8H,2-3,5,7H2,1H3,(H,23,30)(H,28,29). The molecule has 2 N–H and O–H groups in total. The lowest BCUT2D eigenvalue weighted by Gasteiger charge is -2.33. The molecule has 0 aliphatic carbocycles. The number of amides is 1. The number of alkyl halides is 3. The molecule has 0 saturated carbocycles. The Labute approximate surface area is 171 Å². The van der Waals surface area contributed by atoms with E-state index in [-0.39, 0.29) is 48.6 Å². The summed E-state index contributed by atoms with van der Waals surface area (Å²) in [6.07, 6.45) is -3.78. The first kappa shape index (κ1) is 20.8.